The third-order valence-corrected chi connectivity index (χ3v) is 22.3. The summed E-state index contributed by atoms with van der Waals surface area (Å²) in [5.74, 6) is -2.07. The van der Waals surface area contributed by atoms with E-state index in [0.29, 0.717) is 96.9 Å². The number of hydrogen-bond acceptors (Lipinski definition) is 17. The number of β-amino-alcohol motifs (C(OH)–C–C–N with tert-alkyl or cyclic N) is 1. The van der Waals surface area contributed by atoms with E-state index in [9.17, 15) is 41.9 Å². The van der Waals surface area contributed by atoms with E-state index in [1.54, 1.807) is 38.5 Å². The number of ether oxygens (including phenoxy) is 1. The molecule has 2 saturated heterocycles. The van der Waals surface area contributed by atoms with Crippen LogP contribution in [0.3, 0.4) is 0 Å². The number of alkyl halides is 1. The summed E-state index contributed by atoms with van der Waals surface area (Å²) < 4.78 is 55.1. The van der Waals surface area contributed by atoms with Crippen molar-refractivity contribution >= 4 is 83.4 Å². The Bertz CT molecular complexity index is 4040. The van der Waals surface area contributed by atoms with Gasteiger partial charge in [-0.15, -0.1) is 11.3 Å². The normalized spacial score (nSPS) is 19.0. The van der Waals surface area contributed by atoms with E-state index < -0.39 is 62.9 Å². The number of thiazole rings is 2. The number of hydrogen-bond donors (Lipinski definition) is 5. The Kier molecular flexibility index (Phi) is 19.2. The topological polar surface area (TPSA) is 263 Å². The first kappa shape index (κ1) is 65.4. The molecule has 4 aromatic heterocycles. The molecule has 7 heterocycles. The number of likely N-dealkylation sites (tertiary alicyclic amines) is 2. The van der Waals surface area contributed by atoms with Gasteiger partial charge in [-0.25, -0.2) is 32.5 Å². The van der Waals surface area contributed by atoms with Crippen LogP contribution in [0.2, 0.25) is 0 Å². The molecule has 0 unspecified atom stereocenters. The van der Waals surface area contributed by atoms with Crippen LogP contribution < -0.4 is 30.3 Å². The number of pyridine rings is 1. The number of amides is 5. The van der Waals surface area contributed by atoms with Gasteiger partial charge in [0.1, 0.15) is 36.0 Å². The summed E-state index contributed by atoms with van der Waals surface area (Å²) in [7, 11) is -4.18. The summed E-state index contributed by atoms with van der Waals surface area (Å²) in [4.78, 5) is 90.1. The van der Waals surface area contributed by atoms with Crippen LogP contribution in [0.5, 0.6) is 5.75 Å². The molecule has 5 N–H and O–H groups in total. The van der Waals surface area contributed by atoms with Crippen LogP contribution >= 0.6 is 22.7 Å². The highest BCUT2D eigenvalue weighted by molar-refractivity contribution is 7.90. The van der Waals surface area contributed by atoms with Crippen LogP contribution in [0.25, 0.3) is 31.8 Å². The molecule has 0 bridgehead atoms. The number of aliphatic hydroxyl groups is 1. The fourth-order valence-electron chi connectivity index (χ4n) is 13.4. The molecule has 3 atom stereocenters. The summed E-state index contributed by atoms with van der Waals surface area (Å²) in [6, 6.07) is 20.6. The average molecular weight is 1330 g/mol. The van der Waals surface area contributed by atoms with Crippen molar-refractivity contribution in [1.29, 1.82) is 0 Å². The Hall–Kier alpha value is -7.71. The lowest BCUT2D eigenvalue weighted by molar-refractivity contribution is -0.145. The van der Waals surface area contributed by atoms with Crippen molar-refractivity contribution in [2.45, 2.75) is 149 Å². The van der Waals surface area contributed by atoms with Crippen LogP contribution in [-0.4, -0.2) is 147 Å². The fourth-order valence-corrected chi connectivity index (χ4v) is 16.5. The minimum absolute atomic E-state index is 0.0178. The number of rotatable bonds is 21. The second-order valence-electron chi connectivity index (χ2n) is 26.7. The smallest absolute Gasteiger partial charge is 0.284 e. The molecule has 2 aliphatic carbocycles. The van der Waals surface area contributed by atoms with Crippen LogP contribution in [0, 0.1) is 31.1 Å². The molecule has 5 amide bonds. The summed E-state index contributed by atoms with van der Waals surface area (Å²) >= 11 is 2.90. The van der Waals surface area contributed by atoms with Crippen LogP contribution in [0.1, 0.15) is 134 Å². The molecule has 492 valence electrons. The van der Waals surface area contributed by atoms with E-state index in [-0.39, 0.29) is 62.2 Å². The lowest BCUT2D eigenvalue weighted by atomic mass is 9.85. The van der Waals surface area contributed by atoms with Gasteiger partial charge in [-0.2, -0.15) is 5.10 Å². The lowest BCUT2D eigenvalue weighted by Crippen LogP contribution is -2.59. The molecule has 2 saturated carbocycles. The van der Waals surface area contributed by atoms with Gasteiger partial charge in [-0.05, 0) is 142 Å². The van der Waals surface area contributed by atoms with Crippen molar-refractivity contribution in [3.8, 4) is 27.3 Å². The maximum absolute atomic E-state index is 14.8. The number of sulfonamides is 1. The van der Waals surface area contributed by atoms with Crippen molar-refractivity contribution in [1.82, 2.24) is 49.9 Å². The number of anilines is 2. The van der Waals surface area contributed by atoms with Gasteiger partial charge >= 0.3 is 0 Å². The van der Waals surface area contributed by atoms with E-state index in [1.165, 1.54) is 46.8 Å². The third kappa shape index (κ3) is 15.0. The van der Waals surface area contributed by atoms with Gasteiger partial charge in [-0.3, -0.25) is 38.9 Å². The van der Waals surface area contributed by atoms with Gasteiger partial charge in [0.05, 0.1) is 44.4 Å². The molecule has 4 fully saturated rings. The maximum Gasteiger partial charge on any atom is 0.284 e. The van der Waals surface area contributed by atoms with Crippen molar-refractivity contribution in [2.75, 3.05) is 55.3 Å². The molecule has 3 aromatic carbocycles. The highest BCUT2D eigenvalue weighted by Crippen LogP contribution is 2.41. The van der Waals surface area contributed by atoms with E-state index >= 15 is 0 Å². The predicted molar refractivity (Wildman–Crippen MR) is 356 cm³/mol. The monoisotopic (exact) mass is 1320 g/mol. The first-order valence-electron chi connectivity index (χ1n) is 32.3. The number of benzene rings is 3. The van der Waals surface area contributed by atoms with Gasteiger partial charge < -0.3 is 30.3 Å². The van der Waals surface area contributed by atoms with Crippen LogP contribution in [0.4, 0.5) is 15.3 Å². The predicted octanol–water partition coefficient (Wildman–Crippen LogP) is 9.15. The van der Waals surface area contributed by atoms with Crippen molar-refractivity contribution in [2.24, 2.45) is 17.3 Å². The molecule has 0 radical (unpaired) electrons. The zero-order valence-corrected chi connectivity index (χ0v) is 55.7. The summed E-state index contributed by atoms with van der Waals surface area (Å²) in [5, 5.41) is 24.6. The Balaban J connectivity index is 0.693. The zero-order chi connectivity index (χ0) is 65.3. The molecule has 5 aliphatic rings. The second kappa shape index (κ2) is 27.3. The number of carbonyl (C=O) groups is 5. The zero-order valence-electron chi connectivity index (χ0n) is 53.2. The average Bonchev–Trinajstić information content (AvgIpc) is 1.68. The lowest BCUT2D eigenvalue weighted by Gasteiger charge is -2.35. The molecular weight excluding hydrogens is 1240 g/mol. The van der Waals surface area contributed by atoms with Crippen molar-refractivity contribution < 1.29 is 46.6 Å². The fraction of sp³-hybridized carbons (Fsp3) is 0.485. The summed E-state index contributed by atoms with van der Waals surface area (Å²) in [6.45, 7) is 12.6. The summed E-state index contributed by atoms with van der Waals surface area (Å²) in [5.41, 5.74) is 6.48. The minimum atomic E-state index is -4.18. The van der Waals surface area contributed by atoms with E-state index in [4.69, 9.17) is 14.8 Å². The SMILES string of the molecule is Cc1ncsc1-c1ccc(CNC(=O)[C@@H]2C[C@@H](O)CN2C(=O)[C@@H](NC(=O)C2(F)CC2)C(C)(C)C)c(OCCN2CCC(CS(=O)(=O)NC(=O)c3nc(N4CCc5cccc(C(=O)Nc6nc7ccccc7s6)c5C4)ccc3-c3cnn(CC4CCCCC4)c3C)CC2)c1. The number of piperidine rings is 1. The van der Waals surface area contributed by atoms with Gasteiger partial charge in [0.15, 0.2) is 10.8 Å². The molecule has 25 heteroatoms. The number of carbonyl (C=O) groups excluding carboxylic acids is 5. The van der Waals surface area contributed by atoms with Gasteiger partial charge in [0.2, 0.25) is 21.8 Å². The number of aryl methyl sites for hydroxylation is 1. The number of aromatic nitrogens is 5. The number of halogens is 1. The number of para-hydroxylation sites is 1. The molecule has 7 aromatic rings. The molecule has 93 heavy (non-hydrogen) atoms. The van der Waals surface area contributed by atoms with Gasteiger partial charge in [0, 0.05) is 73.6 Å². The van der Waals surface area contributed by atoms with Crippen LogP contribution in [0.15, 0.2) is 84.5 Å². The Morgan fingerprint density at radius 2 is 1.68 bits per heavy atom. The molecule has 3 aliphatic heterocycles. The third-order valence-electron chi connectivity index (χ3n) is 19.0. The molecule has 21 nitrogen and oxygen atoms in total. The second-order valence-corrected chi connectivity index (χ2v) is 30.4. The quantitative estimate of drug-likeness (QED) is 0.0449. The van der Waals surface area contributed by atoms with E-state index in [2.05, 4.69) is 35.5 Å². The molecular formula is C68H81FN12O9S3. The van der Waals surface area contributed by atoms with Gasteiger partial charge in [0.25, 0.3) is 17.7 Å². The van der Waals surface area contributed by atoms with Crippen LogP contribution in [-0.2, 0) is 50.5 Å². The number of nitrogens with one attached hydrogen (secondary N) is 4. The Morgan fingerprint density at radius 3 is 2.42 bits per heavy atom. The van der Waals surface area contributed by atoms with E-state index in [1.807, 2.05) is 90.2 Å². The van der Waals surface area contributed by atoms with Gasteiger partial charge in [-0.1, -0.05) is 87.8 Å². The highest BCUT2D eigenvalue weighted by atomic mass is 32.2. The highest BCUT2D eigenvalue weighted by Gasteiger charge is 2.53. The Labute approximate surface area is 549 Å². The summed E-state index contributed by atoms with van der Waals surface area (Å²) in [6.07, 6.45) is 8.46. The first-order valence-corrected chi connectivity index (χ1v) is 35.7. The van der Waals surface area contributed by atoms with E-state index in [0.717, 1.165) is 62.6 Å². The number of fused-ring (bicyclic) bond motifs is 2. The minimum Gasteiger partial charge on any atom is -0.492 e. The Morgan fingerprint density at radius 1 is 0.892 bits per heavy atom. The largest absolute Gasteiger partial charge is 0.492 e. The molecule has 12 rings (SSSR count). The van der Waals surface area contributed by atoms with Crippen molar-refractivity contribution in [3.63, 3.8) is 0 Å². The number of aliphatic hydroxyl groups excluding tert-OH is 1. The maximum atomic E-state index is 14.8. The first-order chi connectivity index (χ1) is 44.6. The molecule has 0 spiro atoms. The number of nitrogens with zero attached hydrogens (tertiary/aromatic N) is 8. The van der Waals surface area contributed by atoms with Crippen molar-refractivity contribution in [3.05, 3.63) is 124 Å². The standard InChI is InChI=1S/C68H81FN12O9S3/c1-41-59(91-40-71-41)46-18-19-47(34-70-62(84)54-33-48(82)37-80(54)64(86)60(67(3,4)5)75-65(87)68(69)25-26-68)55(32-46)90-31-30-78-27-22-44(23-28-78)39-93(88,89)77-63(85)58-49(51-35-72-81(42(51)2)36-43-12-7-6-8-13-43)20-21-57(74-58)79-29-24-45-14-11-15-50(52(45)38-79)61(83)76-66-73-53-16-9-10-17-56(53)92-66/h9-11,14-21,32,35,40,43-44,48,54,60,82H,6-8,12-13,22-31,33-34,36-39H2,1-5H3,(H,70,84)(H,75,87)(H,77,85)(H,73,76,83)/t48-,54+,60-/m1/s1.